The van der Waals surface area contributed by atoms with E-state index in [2.05, 4.69) is 25.5 Å². The maximum Gasteiger partial charge on any atom is 0.233 e. The molecule has 1 aromatic rings. The molecule has 154 valence electrons. The van der Waals surface area contributed by atoms with Gasteiger partial charge >= 0.3 is 0 Å². The Bertz CT molecular complexity index is 742. The molecular formula is C18H28N6O3S. The first-order chi connectivity index (χ1) is 13.6. The molecule has 3 N–H and O–H groups in total. The monoisotopic (exact) mass is 408 g/mol. The number of sulfonamides is 1. The minimum Gasteiger partial charge on any atom is -0.325 e. The Labute approximate surface area is 166 Å². The summed E-state index contributed by atoms with van der Waals surface area (Å²) < 4.78 is 23.8. The van der Waals surface area contributed by atoms with E-state index in [0.717, 1.165) is 50.6 Å². The molecule has 0 atom stereocenters. The number of hydrogen-bond donors (Lipinski definition) is 3. The summed E-state index contributed by atoms with van der Waals surface area (Å²) in [6.45, 7) is 0.540. The molecule has 0 saturated heterocycles. The van der Waals surface area contributed by atoms with Gasteiger partial charge in [0.2, 0.25) is 16.0 Å². The highest BCUT2D eigenvalue weighted by Crippen LogP contribution is 2.20. The first-order valence-electron chi connectivity index (χ1n) is 9.61. The first-order valence-corrected chi connectivity index (χ1v) is 11.3. The second kappa shape index (κ2) is 12.3. The van der Waals surface area contributed by atoms with Crippen LogP contribution in [0.5, 0.6) is 0 Å². The summed E-state index contributed by atoms with van der Waals surface area (Å²) in [6, 6.07) is 3.55. The lowest BCUT2D eigenvalue weighted by molar-refractivity contribution is 0.0223. The van der Waals surface area contributed by atoms with E-state index in [9.17, 15) is 8.42 Å². The Hall–Kier alpha value is -2.22. The average Bonchev–Trinajstić information content (AvgIpc) is 3.20. The molecule has 2 rings (SSSR count). The molecular weight excluding hydrogens is 380 g/mol. The molecule has 1 aliphatic carbocycles. The summed E-state index contributed by atoms with van der Waals surface area (Å²) in [5, 5.41) is 14.3. The van der Waals surface area contributed by atoms with Crippen LogP contribution >= 0.6 is 0 Å². The molecule has 0 bridgehead atoms. The molecule has 0 amide bonds. The molecule has 0 aliphatic heterocycles. The van der Waals surface area contributed by atoms with E-state index in [1.807, 2.05) is 6.19 Å². The SMILES string of the molecule is N#CNC(=NCCCCCCS(=O)(=O)NOC1CCCC1)Nc1ccncc1. The van der Waals surface area contributed by atoms with E-state index in [1.165, 1.54) is 0 Å². The lowest BCUT2D eigenvalue weighted by Crippen LogP contribution is -2.30. The molecule has 9 nitrogen and oxygen atoms in total. The highest BCUT2D eigenvalue weighted by molar-refractivity contribution is 7.89. The van der Waals surface area contributed by atoms with Gasteiger partial charge in [-0.25, -0.2) is 8.42 Å². The van der Waals surface area contributed by atoms with Crippen molar-refractivity contribution in [2.75, 3.05) is 17.6 Å². The third kappa shape index (κ3) is 9.12. The van der Waals surface area contributed by atoms with E-state index in [4.69, 9.17) is 10.1 Å². The van der Waals surface area contributed by atoms with Crippen LogP contribution in [0.1, 0.15) is 51.4 Å². The van der Waals surface area contributed by atoms with Gasteiger partial charge in [0.25, 0.3) is 0 Å². The average molecular weight is 409 g/mol. The molecule has 1 fully saturated rings. The smallest absolute Gasteiger partial charge is 0.233 e. The highest BCUT2D eigenvalue weighted by Gasteiger charge is 2.18. The van der Waals surface area contributed by atoms with Gasteiger partial charge in [0, 0.05) is 24.6 Å². The minimum atomic E-state index is -3.38. The largest absolute Gasteiger partial charge is 0.325 e. The Kier molecular flexibility index (Phi) is 9.68. The number of aliphatic imine (C=N–C) groups is 1. The van der Waals surface area contributed by atoms with Crippen LogP contribution in [0.4, 0.5) is 5.69 Å². The fraction of sp³-hybridized carbons (Fsp3) is 0.611. The van der Waals surface area contributed by atoms with Gasteiger partial charge in [0.05, 0.1) is 11.9 Å². The number of rotatable bonds is 11. The number of nitrogens with one attached hydrogen (secondary N) is 3. The number of hydrogen-bond acceptors (Lipinski definition) is 6. The van der Waals surface area contributed by atoms with Gasteiger partial charge in [-0.05, 0) is 37.8 Å². The standard InChI is InChI=1S/C18H28N6O3S/c19-15-22-18(23-16-9-12-20-13-10-16)21-11-5-1-2-6-14-28(25,26)24-27-17-7-3-4-8-17/h9-10,12-13,17,24H,1-8,11,14H2,(H2,20,21,22,23). The number of anilines is 1. The lowest BCUT2D eigenvalue weighted by Gasteiger charge is -2.11. The van der Waals surface area contributed by atoms with Gasteiger partial charge in [0.1, 0.15) is 0 Å². The summed E-state index contributed by atoms with van der Waals surface area (Å²) in [5.41, 5.74) is 0.786. The summed E-state index contributed by atoms with van der Waals surface area (Å²) in [5.74, 6) is 0.443. The minimum absolute atomic E-state index is 0.0182. The number of aromatic nitrogens is 1. The number of nitrogens with zero attached hydrogens (tertiary/aromatic N) is 3. The zero-order chi connectivity index (χ0) is 20.1. The number of guanidine groups is 1. The summed E-state index contributed by atoms with van der Waals surface area (Å²) >= 11 is 0. The van der Waals surface area contributed by atoms with Crippen LogP contribution in [-0.2, 0) is 14.9 Å². The van der Waals surface area contributed by atoms with Gasteiger partial charge in [-0.2, -0.15) is 5.26 Å². The van der Waals surface area contributed by atoms with Crippen molar-refractivity contribution >= 4 is 21.7 Å². The molecule has 1 aromatic heterocycles. The highest BCUT2D eigenvalue weighted by atomic mass is 32.2. The number of pyridine rings is 1. The van der Waals surface area contributed by atoms with E-state index in [-0.39, 0.29) is 11.9 Å². The van der Waals surface area contributed by atoms with Crippen molar-refractivity contribution in [2.24, 2.45) is 4.99 Å². The van der Waals surface area contributed by atoms with Gasteiger partial charge < -0.3 is 5.32 Å². The summed E-state index contributed by atoms with van der Waals surface area (Å²) in [7, 11) is -3.38. The van der Waals surface area contributed by atoms with Crippen molar-refractivity contribution in [3.63, 3.8) is 0 Å². The second-order valence-electron chi connectivity index (χ2n) is 6.67. The predicted octanol–water partition coefficient (Wildman–Crippen LogP) is 2.27. The predicted molar refractivity (Wildman–Crippen MR) is 108 cm³/mol. The van der Waals surface area contributed by atoms with Crippen molar-refractivity contribution < 1.29 is 13.3 Å². The van der Waals surface area contributed by atoms with Gasteiger partial charge in [0.15, 0.2) is 6.19 Å². The fourth-order valence-electron chi connectivity index (χ4n) is 2.87. The normalized spacial score (nSPS) is 15.3. The second-order valence-corrected chi connectivity index (χ2v) is 8.47. The van der Waals surface area contributed by atoms with Gasteiger partial charge in [-0.1, -0.05) is 30.6 Å². The molecule has 28 heavy (non-hydrogen) atoms. The molecule has 0 aromatic carbocycles. The van der Waals surface area contributed by atoms with Crippen LogP contribution < -0.4 is 15.5 Å². The Balaban J connectivity index is 1.59. The van der Waals surface area contributed by atoms with Crippen molar-refractivity contribution in [2.45, 2.75) is 57.5 Å². The van der Waals surface area contributed by atoms with Crippen molar-refractivity contribution in [1.29, 1.82) is 5.26 Å². The summed E-state index contributed by atoms with van der Waals surface area (Å²) in [4.78, 5) is 15.8. The zero-order valence-electron chi connectivity index (χ0n) is 15.9. The molecule has 1 heterocycles. The Morgan fingerprint density at radius 1 is 1.21 bits per heavy atom. The van der Waals surface area contributed by atoms with E-state index in [1.54, 1.807) is 24.5 Å². The summed E-state index contributed by atoms with van der Waals surface area (Å²) in [6.07, 6.45) is 12.2. The quantitative estimate of drug-likeness (QED) is 0.128. The van der Waals surface area contributed by atoms with Crippen molar-refractivity contribution in [3.05, 3.63) is 24.5 Å². The third-order valence-corrected chi connectivity index (χ3v) is 5.53. The van der Waals surface area contributed by atoms with E-state index in [0.29, 0.717) is 18.9 Å². The zero-order valence-corrected chi connectivity index (χ0v) is 16.7. The van der Waals surface area contributed by atoms with Crippen LogP contribution in [-0.4, -0.2) is 37.8 Å². The van der Waals surface area contributed by atoms with Crippen LogP contribution in [0.15, 0.2) is 29.5 Å². The number of unbranched alkanes of at least 4 members (excludes halogenated alkanes) is 3. The van der Waals surface area contributed by atoms with Gasteiger partial charge in [-0.15, -0.1) is 0 Å². The Morgan fingerprint density at radius 2 is 1.93 bits per heavy atom. The molecule has 0 unspecified atom stereocenters. The van der Waals surface area contributed by atoms with Crippen LogP contribution in [0.25, 0.3) is 0 Å². The Morgan fingerprint density at radius 3 is 2.64 bits per heavy atom. The molecule has 1 aliphatic rings. The van der Waals surface area contributed by atoms with E-state index >= 15 is 0 Å². The molecule has 0 radical (unpaired) electrons. The van der Waals surface area contributed by atoms with E-state index < -0.39 is 10.0 Å². The van der Waals surface area contributed by atoms with Crippen LogP contribution in [0.2, 0.25) is 0 Å². The van der Waals surface area contributed by atoms with Crippen LogP contribution in [0.3, 0.4) is 0 Å². The van der Waals surface area contributed by atoms with Crippen molar-refractivity contribution in [3.8, 4) is 6.19 Å². The third-order valence-electron chi connectivity index (χ3n) is 4.35. The van der Waals surface area contributed by atoms with Gasteiger partial charge in [-0.3, -0.25) is 20.1 Å². The topological polar surface area (TPSA) is 128 Å². The van der Waals surface area contributed by atoms with Crippen molar-refractivity contribution in [1.82, 2.24) is 15.2 Å². The van der Waals surface area contributed by atoms with Crippen LogP contribution in [0, 0.1) is 11.5 Å². The fourth-order valence-corrected chi connectivity index (χ4v) is 3.82. The molecule has 1 saturated carbocycles. The maximum absolute atomic E-state index is 11.9. The first kappa shape index (κ1) is 22.1. The molecule has 0 spiro atoms. The maximum atomic E-state index is 11.9. The number of nitriles is 1. The molecule has 10 heteroatoms. The lowest BCUT2D eigenvalue weighted by atomic mass is 10.2.